The average molecular weight is 302 g/mol. The van der Waals surface area contributed by atoms with E-state index >= 15 is 0 Å². The average Bonchev–Trinajstić information content (AvgIpc) is 2.27. The summed E-state index contributed by atoms with van der Waals surface area (Å²) in [6.07, 6.45) is 0. The Hall–Kier alpha value is -0.830. The SMILES string of the molecule is CC(C)c1nc(Cl)c(-c2cccc(Cl)c2)c(Cl)n1. The Morgan fingerprint density at radius 1 is 1.00 bits per heavy atom. The lowest BCUT2D eigenvalue weighted by molar-refractivity contribution is 0.775. The first-order valence-electron chi connectivity index (χ1n) is 5.48. The van der Waals surface area contributed by atoms with E-state index in [1.165, 1.54) is 0 Å². The van der Waals surface area contributed by atoms with Gasteiger partial charge in [-0.05, 0) is 17.7 Å². The van der Waals surface area contributed by atoms with Crippen LogP contribution in [0, 0.1) is 0 Å². The molecule has 2 nitrogen and oxygen atoms in total. The maximum atomic E-state index is 6.19. The third-order valence-corrected chi connectivity index (χ3v) is 3.25. The van der Waals surface area contributed by atoms with Crippen molar-refractivity contribution in [3.8, 4) is 11.1 Å². The first-order chi connectivity index (χ1) is 8.49. The van der Waals surface area contributed by atoms with E-state index < -0.39 is 0 Å². The van der Waals surface area contributed by atoms with E-state index in [1.54, 1.807) is 12.1 Å². The van der Waals surface area contributed by atoms with Gasteiger partial charge >= 0.3 is 0 Å². The maximum absolute atomic E-state index is 6.19. The molecule has 0 aliphatic carbocycles. The molecule has 2 aromatic rings. The van der Waals surface area contributed by atoms with Gasteiger partial charge < -0.3 is 0 Å². The molecule has 1 heterocycles. The molecule has 0 aliphatic heterocycles. The molecule has 0 fully saturated rings. The van der Waals surface area contributed by atoms with Crippen molar-refractivity contribution in [2.24, 2.45) is 0 Å². The monoisotopic (exact) mass is 300 g/mol. The fourth-order valence-corrected chi connectivity index (χ4v) is 2.37. The van der Waals surface area contributed by atoms with Gasteiger partial charge in [0.1, 0.15) is 16.1 Å². The number of benzene rings is 1. The van der Waals surface area contributed by atoms with Crippen LogP contribution in [0.3, 0.4) is 0 Å². The lowest BCUT2D eigenvalue weighted by Crippen LogP contribution is -2.00. The van der Waals surface area contributed by atoms with Crippen LogP contribution in [0.4, 0.5) is 0 Å². The van der Waals surface area contributed by atoms with Crippen molar-refractivity contribution < 1.29 is 0 Å². The number of hydrogen-bond donors (Lipinski definition) is 0. The summed E-state index contributed by atoms with van der Waals surface area (Å²) in [5.74, 6) is 0.809. The highest BCUT2D eigenvalue weighted by atomic mass is 35.5. The first-order valence-corrected chi connectivity index (χ1v) is 6.61. The Kier molecular flexibility index (Phi) is 4.10. The van der Waals surface area contributed by atoms with Crippen molar-refractivity contribution in [2.75, 3.05) is 0 Å². The van der Waals surface area contributed by atoms with Crippen molar-refractivity contribution in [1.82, 2.24) is 9.97 Å². The Morgan fingerprint density at radius 2 is 1.61 bits per heavy atom. The lowest BCUT2D eigenvalue weighted by Gasteiger charge is -2.10. The summed E-state index contributed by atoms with van der Waals surface area (Å²) in [5.41, 5.74) is 1.43. The van der Waals surface area contributed by atoms with Crippen LogP contribution in [0.15, 0.2) is 24.3 Å². The van der Waals surface area contributed by atoms with Gasteiger partial charge in [0.15, 0.2) is 0 Å². The van der Waals surface area contributed by atoms with Crippen molar-refractivity contribution >= 4 is 34.8 Å². The molecule has 0 radical (unpaired) electrons. The van der Waals surface area contributed by atoms with E-state index in [0.717, 1.165) is 5.56 Å². The van der Waals surface area contributed by atoms with E-state index in [0.29, 0.717) is 26.7 Å². The molecule has 0 aliphatic rings. The van der Waals surface area contributed by atoms with E-state index in [1.807, 2.05) is 26.0 Å². The van der Waals surface area contributed by atoms with Crippen LogP contribution in [-0.2, 0) is 0 Å². The summed E-state index contributed by atoms with van der Waals surface area (Å²) < 4.78 is 0. The Balaban J connectivity index is 2.59. The molecule has 0 unspecified atom stereocenters. The molecule has 0 saturated carbocycles. The van der Waals surface area contributed by atoms with Gasteiger partial charge in [0.2, 0.25) is 0 Å². The minimum atomic E-state index is 0.174. The zero-order valence-corrected chi connectivity index (χ0v) is 12.2. The van der Waals surface area contributed by atoms with Gasteiger partial charge in [-0.2, -0.15) is 0 Å². The number of halogens is 3. The van der Waals surface area contributed by atoms with Gasteiger partial charge in [0.25, 0.3) is 0 Å². The molecular formula is C13H11Cl3N2. The Labute approximate surface area is 121 Å². The third-order valence-electron chi connectivity index (χ3n) is 2.47. The second kappa shape index (κ2) is 5.43. The number of rotatable bonds is 2. The number of nitrogens with zero attached hydrogens (tertiary/aromatic N) is 2. The zero-order valence-electron chi connectivity index (χ0n) is 9.92. The van der Waals surface area contributed by atoms with Crippen LogP contribution < -0.4 is 0 Å². The lowest BCUT2D eigenvalue weighted by atomic mass is 10.1. The topological polar surface area (TPSA) is 25.8 Å². The molecule has 0 spiro atoms. The van der Waals surface area contributed by atoms with Crippen molar-refractivity contribution in [2.45, 2.75) is 19.8 Å². The van der Waals surface area contributed by atoms with Crippen LogP contribution in [0.1, 0.15) is 25.6 Å². The predicted octanol–water partition coefficient (Wildman–Crippen LogP) is 5.23. The molecule has 18 heavy (non-hydrogen) atoms. The smallest absolute Gasteiger partial charge is 0.142 e. The van der Waals surface area contributed by atoms with Crippen molar-refractivity contribution in [3.05, 3.63) is 45.4 Å². The summed E-state index contributed by atoms with van der Waals surface area (Å²) in [6, 6.07) is 7.28. The molecule has 1 aromatic heterocycles. The number of hydrogen-bond acceptors (Lipinski definition) is 2. The molecular weight excluding hydrogens is 291 g/mol. The molecule has 2 rings (SSSR count). The fourth-order valence-electron chi connectivity index (χ4n) is 1.56. The molecule has 5 heteroatoms. The van der Waals surface area contributed by atoms with Gasteiger partial charge in [-0.1, -0.05) is 60.8 Å². The predicted molar refractivity (Wildman–Crippen MR) is 76.6 cm³/mol. The first kappa shape index (κ1) is 13.6. The van der Waals surface area contributed by atoms with E-state index in [9.17, 15) is 0 Å². The minimum Gasteiger partial charge on any atom is -0.220 e. The highest BCUT2D eigenvalue weighted by Crippen LogP contribution is 2.34. The normalized spacial score (nSPS) is 11.0. The maximum Gasteiger partial charge on any atom is 0.142 e. The summed E-state index contributed by atoms with van der Waals surface area (Å²) in [6.45, 7) is 3.97. The summed E-state index contributed by atoms with van der Waals surface area (Å²) >= 11 is 18.3. The van der Waals surface area contributed by atoms with Crippen LogP contribution in [0.2, 0.25) is 15.3 Å². The zero-order chi connectivity index (χ0) is 13.3. The Bertz CT molecular complexity index is 559. The van der Waals surface area contributed by atoms with Crippen molar-refractivity contribution in [3.63, 3.8) is 0 Å². The molecule has 0 bridgehead atoms. The van der Waals surface area contributed by atoms with E-state index in [4.69, 9.17) is 34.8 Å². The number of aromatic nitrogens is 2. The van der Waals surface area contributed by atoms with Gasteiger partial charge in [-0.25, -0.2) is 9.97 Å². The fraction of sp³-hybridized carbons (Fsp3) is 0.231. The third kappa shape index (κ3) is 2.77. The van der Waals surface area contributed by atoms with Crippen LogP contribution in [0.5, 0.6) is 0 Å². The molecule has 0 N–H and O–H groups in total. The van der Waals surface area contributed by atoms with Gasteiger partial charge in [-0.15, -0.1) is 0 Å². The summed E-state index contributed by atoms with van der Waals surface area (Å²) in [5, 5.41) is 1.31. The van der Waals surface area contributed by atoms with Crippen LogP contribution >= 0.6 is 34.8 Å². The molecule has 0 atom stereocenters. The quantitative estimate of drug-likeness (QED) is 0.710. The minimum absolute atomic E-state index is 0.174. The highest BCUT2D eigenvalue weighted by Gasteiger charge is 2.15. The highest BCUT2D eigenvalue weighted by molar-refractivity contribution is 6.38. The van der Waals surface area contributed by atoms with Gasteiger partial charge in [0, 0.05) is 10.9 Å². The standard InChI is InChI=1S/C13H11Cl3N2/c1-7(2)13-17-11(15)10(12(16)18-13)8-4-3-5-9(14)6-8/h3-7H,1-2H3. The van der Waals surface area contributed by atoms with Crippen LogP contribution in [0.25, 0.3) is 11.1 Å². The Morgan fingerprint density at radius 3 is 2.11 bits per heavy atom. The summed E-state index contributed by atoms with van der Waals surface area (Å²) in [7, 11) is 0. The second-order valence-corrected chi connectivity index (χ2v) is 5.36. The van der Waals surface area contributed by atoms with Crippen molar-refractivity contribution in [1.29, 1.82) is 0 Å². The molecule has 0 saturated heterocycles. The van der Waals surface area contributed by atoms with Gasteiger partial charge in [0.05, 0.1) is 5.56 Å². The molecule has 94 valence electrons. The molecule has 0 amide bonds. The molecule has 1 aromatic carbocycles. The van der Waals surface area contributed by atoms with E-state index in [2.05, 4.69) is 9.97 Å². The largest absolute Gasteiger partial charge is 0.220 e. The van der Waals surface area contributed by atoms with Gasteiger partial charge in [-0.3, -0.25) is 0 Å². The van der Waals surface area contributed by atoms with E-state index in [-0.39, 0.29) is 5.92 Å². The second-order valence-electron chi connectivity index (χ2n) is 4.20. The van der Waals surface area contributed by atoms with Crippen LogP contribution in [-0.4, -0.2) is 9.97 Å². The summed E-state index contributed by atoms with van der Waals surface area (Å²) in [4.78, 5) is 8.53.